The second-order valence-corrected chi connectivity index (χ2v) is 4.30. The van der Waals surface area contributed by atoms with Gasteiger partial charge < -0.3 is 11.1 Å². The molecule has 1 amide bonds. The lowest BCUT2D eigenvalue weighted by atomic mass is 10.1. The molecule has 6 heteroatoms. The third kappa shape index (κ3) is 3.78. The van der Waals surface area contributed by atoms with Gasteiger partial charge >= 0.3 is 0 Å². The molecule has 0 unspecified atom stereocenters. The van der Waals surface area contributed by atoms with Crippen LogP contribution >= 0.6 is 0 Å². The molecular formula is C15H14N4O2. The Morgan fingerprint density at radius 3 is 2.81 bits per heavy atom. The van der Waals surface area contributed by atoms with Crippen LogP contribution in [0.5, 0.6) is 0 Å². The maximum Gasteiger partial charge on any atom is 0.276 e. The molecule has 1 aromatic carbocycles. The van der Waals surface area contributed by atoms with Gasteiger partial charge in [-0.2, -0.15) is 5.10 Å². The second kappa shape index (κ2) is 6.50. The number of carbonyl (C=O) groups is 1. The summed E-state index contributed by atoms with van der Waals surface area (Å²) in [5, 5.41) is 8.63. The summed E-state index contributed by atoms with van der Waals surface area (Å²) in [6, 6.07) is 8.04. The van der Waals surface area contributed by atoms with Crippen LogP contribution in [0.1, 0.15) is 21.6 Å². The summed E-state index contributed by atoms with van der Waals surface area (Å²) in [6.07, 6.45) is 0. The molecule has 106 valence electrons. The van der Waals surface area contributed by atoms with E-state index in [-0.39, 0.29) is 11.3 Å². The summed E-state index contributed by atoms with van der Waals surface area (Å²) in [6.45, 7) is 2.17. The predicted molar refractivity (Wildman–Crippen MR) is 79.9 cm³/mol. The van der Waals surface area contributed by atoms with Gasteiger partial charge in [-0.25, -0.2) is 5.10 Å². The van der Waals surface area contributed by atoms with Gasteiger partial charge in [0.05, 0.1) is 6.54 Å². The molecule has 1 heterocycles. The molecular weight excluding hydrogens is 268 g/mol. The molecule has 0 aliphatic carbocycles. The fraction of sp³-hybridized carbons (Fsp3) is 0.133. The Hall–Kier alpha value is -2.91. The third-order valence-electron chi connectivity index (χ3n) is 2.72. The highest BCUT2D eigenvalue weighted by Crippen LogP contribution is 2.16. The van der Waals surface area contributed by atoms with Crippen LogP contribution in [0, 0.1) is 18.8 Å². The Kier molecular flexibility index (Phi) is 4.49. The number of nitrogens with two attached hydrogens (primary N) is 1. The van der Waals surface area contributed by atoms with Crippen LogP contribution in [-0.2, 0) is 0 Å². The molecule has 0 aliphatic heterocycles. The Balaban J connectivity index is 2.17. The Morgan fingerprint density at radius 1 is 1.38 bits per heavy atom. The Morgan fingerprint density at radius 2 is 2.19 bits per heavy atom. The molecule has 0 saturated carbocycles. The van der Waals surface area contributed by atoms with E-state index >= 15 is 0 Å². The van der Waals surface area contributed by atoms with E-state index in [2.05, 4.69) is 27.4 Å². The first-order valence-electron chi connectivity index (χ1n) is 6.27. The van der Waals surface area contributed by atoms with E-state index in [0.717, 1.165) is 11.1 Å². The van der Waals surface area contributed by atoms with Crippen LogP contribution in [0.2, 0.25) is 0 Å². The van der Waals surface area contributed by atoms with Crippen LogP contribution in [0.25, 0.3) is 0 Å². The summed E-state index contributed by atoms with van der Waals surface area (Å²) < 4.78 is 0. The largest absolute Gasteiger partial charge is 0.320 e. The standard InChI is InChI=1S/C15H14N4O2/c1-10-9-11(3-2-8-16)4-5-12(10)17-15(21)13-6-7-14(20)19-18-13/h4-7,9H,8,16H2,1H3,(H,17,21)(H,19,20). The van der Waals surface area contributed by atoms with Crippen LogP contribution in [0.15, 0.2) is 35.1 Å². The van der Waals surface area contributed by atoms with Crippen molar-refractivity contribution in [3.8, 4) is 11.8 Å². The van der Waals surface area contributed by atoms with Crippen LogP contribution in [0.3, 0.4) is 0 Å². The summed E-state index contributed by atoms with van der Waals surface area (Å²) in [7, 11) is 0. The van der Waals surface area contributed by atoms with Gasteiger partial charge in [-0.15, -0.1) is 0 Å². The fourth-order valence-corrected chi connectivity index (χ4v) is 1.69. The minimum absolute atomic E-state index is 0.140. The van der Waals surface area contributed by atoms with E-state index < -0.39 is 5.91 Å². The molecule has 21 heavy (non-hydrogen) atoms. The van der Waals surface area contributed by atoms with Crippen molar-refractivity contribution in [2.45, 2.75) is 6.92 Å². The van der Waals surface area contributed by atoms with Crippen molar-refractivity contribution in [1.29, 1.82) is 0 Å². The number of nitrogens with zero attached hydrogens (tertiary/aromatic N) is 1. The van der Waals surface area contributed by atoms with Gasteiger partial charge in [0.25, 0.3) is 11.5 Å². The Bertz CT molecular complexity index is 764. The van der Waals surface area contributed by atoms with Crippen molar-refractivity contribution in [3.05, 3.63) is 57.5 Å². The SMILES string of the molecule is Cc1cc(C#CCN)ccc1NC(=O)c1ccc(=O)[nH]n1. The zero-order valence-electron chi connectivity index (χ0n) is 11.4. The lowest BCUT2D eigenvalue weighted by molar-refractivity contribution is 0.102. The molecule has 0 atom stereocenters. The van der Waals surface area contributed by atoms with Crippen molar-refractivity contribution < 1.29 is 4.79 Å². The lowest BCUT2D eigenvalue weighted by Crippen LogP contribution is -2.18. The number of hydrogen-bond donors (Lipinski definition) is 3. The number of benzene rings is 1. The normalized spacial score (nSPS) is 9.62. The number of amides is 1. The van der Waals surface area contributed by atoms with Gasteiger partial charge in [0.15, 0.2) is 0 Å². The fourth-order valence-electron chi connectivity index (χ4n) is 1.69. The minimum Gasteiger partial charge on any atom is -0.320 e. The molecule has 0 radical (unpaired) electrons. The number of anilines is 1. The van der Waals surface area contributed by atoms with Gasteiger partial charge in [-0.3, -0.25) is 9.59 Å². The summed E-state index contributed by atoms with van der Waals surface area (Å²) >= 11 is 0. The Labute approximate surface area is 121 Å². The number of aryl methyl sites for hydroxylation is 1. The molecule has 0 bridgehead atoms. The third-order valence-corrected chi connectivity index (χ3v) is 2.72. The van der Waals surface area contributed by atoms with Gasteiger partial charge in [-0.1, -0.05) is 11.8 Å². The molecule has 0 aliphatic rings. The van der Waals surface area contributed by atoms with Crippen molar-refractivity contribution in [1.82, 2.24) is 10.2 Å². The molecule has 0 spiro atoms. The topological polar surface area (TPSA) is 101 Å². The number of hydrogen-bond acceptors (Lipinski definition) is 4. The molecule has 2 aromatic rings. The monoisotopic (exact) mass is 282 g/mol. The van der Waals surface area contributed by atoms with E-state index in [9.17, 15) is 9.59 Å². The predicted octanol–water partition coefficient (Wildman–Crippen LogP) is 0.641. The maximum absolute atomic E-state index is 12.0. The molecule has 4 N–H and O–H groups in total. The maximum atomic E-state index is 12.0. The number of rotatable bonds is 2. The zero-order valence-corrected chi connectivity index (χ0v) is 11.4. The number of H-pyrrole nitrogens is 1. The van der Waals surface area contributed by atoms with Crippen LogP contribution in [0.4, 0.5) is 5.69 Å². The van der Waals surface area contributed by atoms with E-state index in [1.165, 1.54) is 12.1 Å². The van der Waals surface area contributed by atoms with Crippen molar-refractivity contribution >= 4 is 11.6 Å². The highest BCUT2D eigenvalue weighted by molar-refractivity contribution is 6.03. The van der Waals surface area contributed by atoms with Crippen molar-refractivity contribution in [3.63, 3.8) is 0 Å². The van der Waals surface area contributed by atoms with E-state index in [1.54, 1.807) is 12.1 Å². The van der Waals surface area contributed by atoms with Gasteiger partial charge in [0.1, 0.15) is 5.69 Å². The number of aromatic amines is 1. The molecule has 0 fully saturated rings. The van der Waals surface area contributed by atoms with Crippen LogP contribution < -0.4 is 16.6 Å². The van der Waals surface area contributed by atoms with E-state index in [0.29, 0.717) is 12.2 Å². The number of carbonyl (C=O) groups excluding carboxylic acids is 1. The van der Waals surface area contributed by atoms with Gasteiger partial charge in [0, 0.05) is 17.3 Å². The first kappa shape index (κ1) is 14.5. The zero-order chi connectivity index (χ0) is 15.2. The summed E-state index contributed by atoms with van der Waals surface area (Å²) in [5.74, 6) is 5.30. The molecule has 2 rings (SSSR count). The summed E-state index contributed by atoms with van der Waals surface area (Å²) in [5.41, 5.74) is 7.47. The summed E-state index contributed by atoms with van der Waals surface area (Å²) in [4.78, 5) is 22.9. The van der Waals surface area contributed by atoms with Gasteiger partial charge in [0.2, 0.25) is 0 Å². The number of nitrogens with one attached hydrogen (secondary N) is 2. The highest BCUT2D eigenvalue weighted by Gasteiger charge is 2.09. The van der Waals surface area contributed by atoms with Crippen LogP contribution in [-0.4, -0.2) is 22.6 Å². The van der Waals surface area contributed by atoms with Crippen molar-refractivity contribution in [2.24, 2.45) is 5.73 Å². The first-order chi connectivity index (χ1) is 10.1. The highest BCUT2D eigenvalue weighted by atomic mass is 16.2. The smallest absolute Gasteiger partial charge is 0.276 e. The van der Waals surface area contributed by atoms with Crippen molar-refractivity contribution in [2.75, 3.05) is 11.9 Å². The first-order valence-corrected chi connectivity index (χ1v) is 6.27. The average molecular weight is 282 g/mol. The lowest BCUT2D eigenvalue weighted by Gasteiger charge is -2.08. The molecule has 1 aromatic heterocycles. The van der Waals surface area contributed by atoms with Gasteiger partial charge in [-0.05, 0) is 36.8 Å². The van der Waals surface area contributed by atoms with E-state index in [4.69, 9.17) is 5.73 Å². The average Bonchev–Trinajstić information content (AvgIpc) is 2.48. The van der Waals surface area contributed by atoms with E-state index in [1.807, 2.05) is 13.0 Å². The molecule has 6 nitrogen and oxygen atoms in total. The second-order valence-electron chi connectivity index (χ2n) is 4.30. The minimum atomic E-state index is -0.393. The quantitative estimate of drug-likeness (QED) is 0.704. The number of aromatic nitrogens is 2. The molecule has 0 saturated heterocycles.